The zero-order chi connectivity index (χ0) is 14.4. The van der Waals surface area contributed by atoms with Crippen molar-refractivity contribution in [1.29, 1.82) is 0 Å². The Kier molecular flexibility index (Phi) is 5.16. The van der Waals surface area contributed by atoms with Gasteiger partial charge in [0.05, 0.1) is 0 Å². The molecule has 1 aliphatic rings. The van der Waals surface area contributed by atoms with E-state index in [4.69, 9.17) is 4.74 Å². The van der Waals surface area contributed by atoms with E-state index in [9.17, 15) is 9.59 Å². The van der Waals surface area contributed by atoms with E-state index in [2.05, 4.69) is 6.92 Å². The fourth-order valence-electron chi connectivity index (χ4n) is 2.62. The second-order valence-electron chi connectivity index (χ2n) is 5.12. The van der Waals surface area contributed by atoms with Gasteiger partial charge in [0.1, 0.15) is 12.0 Å². The fourth-order valence-corrected chi connectivity index (χ4v) is 2.62. The van der Waals surface area contributed by atoms with Crippen LogP contribution in [0.3, 0.4) is 0 Å². The van der Waals surface area contributed by atoms with E-state index in [0.717, 1.165) is 32.1 Å². The first-order valence-corrected chi connectivity index (χ1v) is 7.22. The average Bonchev–Trinajstić information content (AvgIpc) is 2.53. The molecule has 2 rings (SSSR count). The number of carbonyl (C=O) groups is 2. The number of rotatable bonds is 5. The molecular formula is C16H21NO3. The molecule has 1 heterocycles. The second-order valence-corrected chi connectivity index (χ2v) is 5.12. The summed E-state index contributed by atoms with van der Waals surface area (Å²) in [6, 6.07) is 7.15. The molecule has 0 radical (unpaired) electrons. The van der Waals surface area contributed by atoms with Crippen LogP contribution < -0.4 is 4.74 Å². The van der Waals surface area contributed by atoms with Crippen LogP contribution in [-0.4, -0.2) is 36.3 Å². The van der Waals surface area contributed by atoms with E-state index in [-0.39, 0.29) is 12.5 Å². The van der Waals surface area contributed by atoms with Crippen molar-refractivity contribution in [1.82, 2.24) is 4.90 Å². The van der Waals surface area contributed by atoms with Crippen LogP contribution in [-0.2, 0) is 4.79 Å². The monoisotopic (exact) mass is 275 g/mol. The van der Waals surface area contributed by atoms with E-state index in [1.807, 2.05) is 4.90 Å². The lowest BCUT2D eigenvalue weighted by Crippen LogP contribution is -2.45. The van der Waals surface area contributed by atoms with Gasteiger partial charge in [0.15, 0.2) is 6.61 Å². The number of aldehydes is 1. The molecule has 0 spiro atoms. The lowest BCUT2D eigenvalue weighted by molar-refractivity contribution is -0.137. The topological polar surface area (TPSA) is 46.6 Å². The van der Waals surface area contributed by atoms with E-state index in [0.29, 0.717) is 17.4 Å². The molecule has 4 nitrogen and oxygen atoms in total. The third-order valence-electron chi connectivity index (χ3n) is 3.80. The molecule has 0 saturated carbocycles. The van der Waals surface area contributed by atoms with Gasteiger partial charge < -0.3 is 9.64 Å². The summed E-state index contributed by atoms with van der Waals surface area (Å²) < 4.78 is 5.51. The molecule has 20 heavy (non-hydrogen) atoms. The number of likely N-dealkylation sites (tertiary alicyclic amines) is 1. The molecule has 1 amide bonds. The normalized spacial score (nSPS) is 18.6. The second kappa shape index (κ2) is 7.08. The first-order valence-electron chi connectivity index (χ1n) is 7.22. The Hall–Kier alpha value is -1.84. The lowest BCUT2D eigenvalue weighted by atomic mass is 10.00. The molecule has 1 fully saturated rings. The maximum Gasteiger partial charge on any atom is 0.260 e. The number of benzene rings is 1. The minimum absolute atomic E-state index is 0.0519. The number of hydrogen-bond acceptors (Lipinski definition) is 3. The summed E-state index contributed by atoms with van der Waals surface area (Å²) in [7, 11) is 0. The van der Waals surface area contributed by atoms with Gasteiger partial charge in [0, 0.05) is 18.2 Å². The molecule has 0 N–H and O–H groups in total. The highest BCUT2D eigenvalue weighted by Gasteiger charge is 2.25. The van der Waals surface area contributed by atoms with E-state index in [1.54, 1.807) is 24.3 Å². The molecule has 0 aromatic heterocycles. The molecule has 1 aliphatic heterocycles. The van der Waals surface area contributed by atoms with Gasteiger partial charge in [-0.15, -0.1) is 0 Å². The fraction of sp³-hybridized carbons (Fsp3) is 0.500. The number of nitrogens with zero attached hydrogens (tertiary/aromatic N) is 1. The third kappa shape index (κ3) is 3.59. The Labute approximate surface area is 119 Å². The largest absolute Gasteiger partial charge is 0.484 e. The van der Waals surface area contributed by atoms with Crippen LogP contribution in [0.25, 0.3) is 0 Å². The quantitative estimate of drug-likeness (QED) is 0.776. The summed E-state index contributed by atoms with van der Waals surface area (Å²) in [5.41, 5.74) is 0.603. The first kappa shape index (κ1) is 14.6. The molecule has 1 atom stereocenters. The van der Waals surface area contributed by atoms with Crippen LogP contribution >= 0.6 is 0 Å². The van der Waals surface area contributed by atoms with Crippen LogP contribution in [0, 0.1) is 0 Å². The predicted molar refractivity (Wildman–Crippen MR) is 77.0 cm³/mol. The molecule has 0 aliphatic carbocycles. The Balaban J connectivity index is 1.88. The van der Waals surface area contributed by atoms with Crippen molar-refractivity contribution >= 4 is 12.2 Å². The van der Waals surface area contributed by atoms with Crippen LogP contribution in [0.1, 0.15) is 43.0 Å². The van der Waals surface area contributed by atoms with Gasteiger partial charge in [0.25, 0.3) is 5.91 Å². The van der Waals surface area contributed by atoms with Crippen molar-refractivity contribution in [2.45, 2.75) is 38.6 Å². The maximum atomic E-state index is 12.2. The zero-order valence-corrected chi connectivity index (χ0v) is 11.9. The van der Waals surface area contributed by atoms with Gasteiger partial charge >= 0.3 is 0 Å². The van der Waals surface area contributed by atoms with Crippen molar-refractivity contribution in [2.24, 2.45) is 0 Å². The van der Waals surface area contributed by atoms with Gasteiger partial charge in [-0.1, -0.05) is 6.92 Å². The van der Waals surface area contributed by atoms with Crippen LogP contribution in [0.5, 0.6) is 5.75 Å². The summed E-state index contributed by atoms with van der Waals surface area (Å²) in [5, 5.41) is 0. The Morgan fingerprint density at radius 2 is 2.10 bits per heavy atom. The third-order valence-corrected chi connectivity index (χ3v) is 3.80. The molecule has 4 heteroatoms. The summed E-state index contributed by atoms with van der Waals surface area (Å²) in [5.74, 6) is 0.671. The number of amides is 1. The SMILES string of the molecule is CCC1CCCCN1C(=O)COc1ccc(C=O)cc1. The van der Waals surface area contributed by atoms with Crippen LogP contribution in [0.2, 0.25) is 0 Å². The number of ether oxygens (including phenoxy) is 1. The van der Waals surface area contributed by atoms with Gasteiger partial charge in [-0.25, -0.2) is 0 Å². The molecule has 108 valence electrons. The molecule has 1 unspecified atom stereocenters. The number of carbonyl (C=O) groups excluding carboxylic acids is 2. The standard InChI is InChI=1S/C16H21NO3/c1-2-14-5-3-4-10-17(14)16(19)12-20-15-8-6-13(11-18)7-9-15/h6-9,11,14H,2-5,10,12H2,1H3. The highest BCUT2D eigenvalue weighted by atomic mass is 16.5. The van der Waals surface area contributed by atoms with Gasteiger partial charge in [-0.3, -0.25) is 9.59 Å². The summed E-state index contributed by atoms with van der Waals surface area (Å²) in [4.78, 5) is 24.7. The van der Waals surface area contributed by atoms with Crippen LogP contribution in [0.4, 0.5) is 0 Å². The predicted octanol–water partition coefficient (Wildman–Crippen LogP) is 2.67. The van der Waals surface area contributed by atoms with Gasteiger partial charge in [-0.2, -0.15) is 0 Å². The van der Waals surface area contributed by atoms with Crippen molar-refractivity contribution < 1.29 is 14.3 Å². The zero-order valence-electron chi connectivity index (χ0n) is 11.9. The van der Waals surface area contributed by atoms with Crippen molar-refractivity contribution in [2.75, 3.05) is 13.2 Å². The molecule has 1 saturated heterocycles. The highest BCUT2D eigenvalue weighted by Crippen LogP contribution is 2.20. The Bertz CT molecular complexity index is 455. The summed E-state index contributed by atoms with van der Waals surface area (Å²) in [6.45, 7) is 3.02. The molecule has 1 aromatic rings. The van der Waals surface area contributed by atoms with E-state index >= 15 is 0 Å². The summed E-state index contributed by atoms with van der Waals surface area (Å²) >= 11 is 0. The lowest BCUT2D eigenvalue weighted by Gasteiger charge is -2.35. The minimum atomic E-state index is 0.0519. The average molecular weight is 275 g/mol. The molecular weight excluding hydrogens is 254 g/mol. The van der Waals surface area contributed by atoms with Crippen molar-refractivity contribution in [3.63, 3.8) is 0 Å². The smallest absolute Gasteiger partial charge is 0.260 e. The Morgan fingerprint density at radius 3 is 2.75 bits per heavy atom. The first-order chi connectivity index (χ1) is 9.74. The van der Waals surface area contributed by atoms with Crippen molar-refractivity contribution in [3.8, 4) is 5.75 Å². The summed E-state index contributed by atoms with van der Waals surface area (Å²) in [6.07, 6.45) is 5.16. The van der Waals surface area contributed by atoms with E-state index < -0.39 is 0 Å². The van der Waals surface area contributed by atoms with E-state index in [1.165, 1.54) is 6.42 Å². The molecule has 0 bridgehead atoms. The maximum absolute atomic E-state index is 12.2. The minimum Gasteiger partial charge on any atom is -0.484 e. The van der Waals surface area contributed by atoms with Crippen LogP contribution in [0.15, 0.2) is 24.3 Å². The highest BCUT2D eigenvalue weighted by molar-refractivity contribution is 5.78. The van der Waals surface area contributed by atoms with Crippen molar-refractivity contribution in [3.05, 3.63) is 29.8 Å². The number of hydrogen-bond donors (Lipinski definition) is 0. The van der Waals surface area contributed by atoms with Gasteiger partial charge in [-0.05, 0) is 49.9 Å². The Morgan fingerprint density at radius 1 is 1.35 bits per heavy atom. The molecule has 1 aromatic carbocycles. The van der Waals surface area contributed by atoms with Gasteiger partial charge in [0.2, 0.25) is 0 Å². The number of piperidine rings is 1.